The van der Waals surface area contributed by atoms with E-state index in [1.54, 1.807) is 24.3 Å². The molecule has 0 saturated heterocycles. The van der Waals surface area contributed by atoms with Gasteiger partial charge in [0, 0.05) is 23.1 Å². The minimum Gasteiger partial charge on any atom is -0.456 e. The van der Waals surface area contributed by atoms with Gasteiger partial charge in [-0.3, -0.25) is 10.1 Å². The first-order valence-corrected chi connectivity index (χ1v) is 5.57. The van der Waals surface area contributed by atoms with Crippen molar-refractivity contribution >= 4 is 16.7 Å². The predicted octanol–water partition coefficient (Wildman–Crippen LogP) is 4.15. The summed E-state index contributed by atoms with van der Waals surface area (Å²) in [5.74, 6) is 0.228. The Bertz CT molecular complexity index is 762. The topological polar surface area (TPSA) is 56.3 Å². The summed E-state index contributed by atoms with van der Waals surface area (Å²) in [5, 5.41) is 11.3. The highest BCUT2D eigenvalue weighted by Gasteiger charge is 2.11. The fourth-order valence-electron chi connectivity index (χ4n) is 1.90. The summed E-state index contributed by atoms with van der Waals surface area (Å²) < 4.78 is 18.4. The van der Waals surface area contributed by atoms with Crippen LogP contribution < -0.4 is 0 Å². The van der Waals surface area contributed by atoms with E-state index in [4.69, 9.17) is 4.42 Å². The van der Waals surface area contributed by atoms with Gasteiger partial charge in [-0.1, -0.05) is 0 Å². The summed E-state index contributed by atoms with van der Waals surface area (Å²) >= 11 is 0. The van der Waals surface area contributed by atoms with Crippen molar-refractivity contribution in [3.63, 3.8) is 0 Å². The van der Waals surface area contributed by atoms with Crippen molar-refractivity contribution in [2.24, 2.45) is 0 Å². The van der Waals surface area contributed by atoms with E-state index in [-0.39, 0.29) is 11.5 Å². The van der Waals surface area contributed by atoms with Crippen molar-refractivity contribution in [1.82, 2.24) is 0 Å². The van der Waals surface area contributed by atoms with Crippen LogP contribution in [0.4, 0.5) is 10.1 Å². The molecule has 0 fully saturated rings. The second kappa shape index (κ2) is 4.20. The predicted molar refractivity (Wildman–Crippen MR) is 68.3 cm³/mol. The number of rotatable bonds is 2. The van der Waals surface area contributed by atoms with Crippen LogP contribution in [0.15, 0.2) is 52.9 Å². The largest absolute Gasteiger partial charge is 0.456 e. The Morgan fingerprint density at radius 3 is 2.47 bits per heavy atom. The number of halogens is 1. The molecule has 0 N–H and O–H groups in total. The number of nitro groups is 1. The lowest BCUT2D eigenvalue weighted by Gasteiger charge is -1.94. The van der Waals surface area contributed by atoms with E-state index in [2.05, 4.69) is 0 Å². The zero-order chi connectivity index (χ0) is 13.4. The van der Waals surface area contributed by atoms with Crippen LogP contribution in [0.2, 0.25) is 0 Å². The summed E-state index contributed by atoms with van der Waals surface area (Å²) in [6, 6.07) is 12.0. The van der Waals surface area contributed by atoms with Crippen LogP contribution >= 0.6 is 0 Å². The lowest BCUT2D eigenvalue weighted by Crippen LogP contribution is -1.85. The maximum Gasteiger partial charge on any atom is 0.270 e. The van der Waals surface area contributed by atoms with E-state index in [1.165, 1.54) is 24.3 Å². The van der Waals surface area contributed by atoms with Crippen molar-refractivity contribution < 1.29 is 13.7 Å². The molecule has 0 aliphatic heterocycles. The third-order valence-corrected chi connectivity index (χ3v) is 2.84. The molecule has 0 amide bonds. The fraction of sp³-hybridized carbons (Fsp3) is 0. The van der Waals surface area contributed by atoms with Crippen molar-refractivity contribution in [1.29, 1.82) is 0 Å². The monoisotopic (exact) mass is 257 g/mol. The molecule has 1 aromatic heterocycles. The third kappa shape index (κ3) is 2.06. The Labute approximate surface area is 107 Å². The molecule has 2 aromatic carbocycles. The number of hydrogen-bond acceptors (Lipinski definition) is 3. The molecular formula is C14H8FNO3. The summed E-state index contributed by atoms with van der Waals surface area (Å²) in [6.07, 6.45) is 0. The van der Waals surface area contributed by atoms with E-state index < -0.39 is 4.92 Å². The Kier molecular flexibility index (Phi) is 2.52. The molecule has 0 bridgehead atoms. The number of benzene rings is 2. The zero-order valence-corrected chi connectivity index (χ0v) is 9.67. The minimum atomic E-state index is -0.454. The molecule has 5 heteroatoms. The van der Waals surface area contributed by atoms with Gasteiger partial charge in [0.1, 0.15) is 17.2 Å². The van der Waals surface area contributed by atoms with Crippen LogP contribution in [-0.4, -0.2) is 4.92 Å². The van der Waals surface area contributed by atoms with E-state index >= 15 is 0 Å². The van der Waals surface area contributed by atoms with Gasteiger partial charge in [0.2, 0.25) is 0 Å². The highest BCUT2D eigenvalue weighted by molar-refractivity contribution is 5.84. The first kappa shape index (κ1) is 11.4. The smallest absolute Gasteiger partial charge is 0.270 e. The summed E-state index contributed by atoms with van der Waals surface area (Å²) in [7, 11) is 0. The van der Waals surface area contributed by atoms with Crippen LogP contribution in [0.3, 0.4) is 0 Å². The highest BCUT2D eigenvalue weighted by atomic mass is 19.1. The van der Waals surface area contributed by atoms with E-state index in [0.717, 1.165) is 5.56 Å². The number of furan rings is 1. The number of non-ortho nitro benzene ring substituents is 1. The average Bonchev–Trinajstić information content (AvgIpc) is 2.82. The van der Waals surface area contributed by atoms with Gasteiger partial charge in [-0.05, 0) is 36.4 Å². The number of fused-ring (bicyclic) bond motifs is 1. The molecule has 0 saturated carbocycles. The van der Waals surface area contributed by atoms with Gasteiger partial charge >= 0.3 is 0 Å². The molecule has 3 aromatic rings. The lowest BCUT2D eigenvalue weighted by molar-refractivity contribution is -0.384. The first-order valence-electron chi connectivity index (χ1n) is 5.57. The van der Waals surface area contributed by atoms with Crippen LogP contribution in [0.5, 0.6) is 0 Å². The van der Waals surface area contributed by atoms with Crippen molar-refractivity contribution in [3.8, 4) is 11.3 Å². The highest BCUT2D eigenvalue weighted by Crippen LogP contribution is 2.30. The van der Waals surface area contributed by atoms with Gasteiger partial charge in [0.05, 0.1) is 4.92 Å². The number of nitro benzene ring substituents is 1. The van der Waals surface area contributed by atoms with Gasteiger partial charge in [0.15, 0.2) is 0 Å². The fourth-order valence-corrected chi connectivity index (χ4v) is 1.90. The van der Waals surface area contributed by atoms with Crippen molar-refractivity contribution in [2.75, 3.05) is 0 Å². The molecule has 0 spiro atoms. The standard InChI is InChI=1S/C14H8FNO3/c15-11-3-1-9(2-4-11)14-8-10-7-12(16(17)18)5-6-13(10)19-14/h1-8H. The Morgan fingerprint density at radius 2 is 1.79 bits per heavy atom. The molecule has 94 valence electrons. The van der Waals surface area contributed by atoms with Gasteiger partial charge in [0.25, 0.3) is 5.69 Å². The van der Waals surface area contributed by atoms with Crippen LogP contribution in [0.1, 0.15) is 0 Å². The van der Waals surface area contributed by atoms with E-state index in [0.29, 0.717) is 16.7 Å². The quantitative estimate of drug-likeness (QED) is 0.512. The minimum absolute atomic E-state index is 0.0129. The number of nitrogens with zero attached hydrogens (tertiary/aromatic N) is 1. The third-order valence-electron chi connectivity index (χ3n) is 2.84. The molecule has 0 atom stereocenters. The molecule has 0 aliphatic rings. The summed E-state index contributed by atoms with van der Waals surface area (Å²) in [5.41, 5.74) is 1.30. The van der Waals surface area contributed by atoms with Gasteiger partial charge in [-0.15, -0.1) is 0 Å². The van der Waals surface area contributed by atoms with Gasteiger partial charge in [-0.2, -0.15) is 0 Å². The number of hydrogen-bond donors (Lipinski definition) is 0. The summed E-state index contributed by atoms with van der Waals surface area (Å²) in [4.78, 5) is 10.2. The average molecular weight is 257 g/mol. The van der Waals surface area contributed by atoms with Crippen molar-refractivity contribution in [3.05, 3.63) is 64.5 Å². The van der Waals surface area contributed by atoms with Gasteiger partial charge in [-0.25, -0.2) is 4.39 Å². The van der Waals surface area contributed by atoms with Crippen LogP contribution in [0, 0.1) is 15.9 Å². The molecule has 19 heavy (non-hydrogen) atoms. The molecule has 1 heterocycles. The Hall–Kier alpha value is -2.69. The van der Waals surface area contributed by atoms with Crippen LogP contribution in [0.25, 0.3) is 22.3 Å². The second-order valence-corrected chi connectivity index (χ2v) is 4.10. The molecule has 3 rings (SSSR count). The van der Waals surface area contributed by atoms with Crippen molar-refractivity contribution in [2.45, 2.75) is 0 Å². The lowest BCUT2D eigenvalue weighted by atomic mass is 10.1. The van der Waals surface area contributed by atoms with Crippen LogP contribution in [-0.2, 0) is 0 Å². The van der Waals surface area contributed by atoms with E-state index in [1.807, 2.05) is 0 Å². The SMILES string of the molecule is O=[N+]([O-])c1ccc2oc(-c3ccc(F)cc3)cc2c1. The maximum absolute atomic E-state index is 12.8. The molecule has 0 unspecified atom stereocenters. The van der Waals surface area contributed by atoms with Gasteiger partial charge < -0.3 is 4.42 Å². The second-order valence-electron chi connectivity index (χ2n) is 4.10. The maximum atomic E-state index is 12.8. The summed E-state index contributed by atoms with van der Waals surface area (Å²) in [6.45, 7) is 0. The molecular weight excluding hydrogens is 249 g/mol. The molecule has 4 nitrogen and oxygen atoms in total. The normalized spacial score (nSPS) is 10.8. The first-order chi connectivity index (χ1) is 9.13. The van der Waals surface area contributed by atoms with E-state index in [9.17, 15) is 14.5 Å². The zero-order valence-electron chi connectivity index (χ0n) is 9.67. The Morgan fingerprint density at radius 1 is 1.05 bits per heavy atom. The molecule has 0 radical (unpaired) electrons. The Balaban J connectivity index is 2.11. The molecule has 0 aliphatic carbocycles.